The lowest BCUT2D eigenvalue weighted by Gasteiger charge is -2.15. The van der Waals surface area contributed by atoms with E-state index < -0.39 is 0 Å². The zero-order chi connectivity index (χ0) is 12.1. The number of hydrogen-bond donors (Lipinski definition) is 1. The Morgan fingerprint density at radius 1 is 1.50 bits per heavy atom. The van der Waals surface area contributed by atoms with Gasteiger partial charge in [-0.05, 0) is 26.2 Å². The Labute approximate surface area is 98.4 Å². The second-order valence-corrected chi connectivity index (χ2v) is 4.99. The van der Waals surface area contributed by atoms with Crippen molar-refractivity contribution in [1.29, 1.82) is 0 Å². The molecule has 2 N–H and O–H groups in total. The number of hydrogen-bond acceptors (Lipinski definition) is 2. The molecule has 1 rings (SSSR count). The molecule has 0 bridgehead atoms. The number of aromatic nitrogens is 2. The van der Waals surface area contributed by atoms with Gasteiger partial charge in [-0.25, -0.2) is 4.98 Å². The van der Waals surface area contributed by atoms with Crippen LogP contribution in [0, 0.1) is 5.92 Å². The van der Waals surface area contributed by atoms with Crippen molar-refractivity contribution in [2.75, 3.05) is 0 Å². The van der Waals surface area contributed by atoms with E-state index in [0.29, 0.717) is 5.92 Å². The Morgan fingerprint density at radius 3 is 2.75 bits per heavy atom. The minimum Gasteiger partial charge on any atom is -0.329 e. The molecule has 1 atom stereocenters. The molecule has 1 aromatic rings. The predicted molar refractivity (Wildman–Crippen MR) is 68.0 cm³/mol. The minimum atomic E-state index is 0.0908. The van der Waals surface area contributed by atoms with Crippen LogP contribution in [0.3, 0.4) is 0 Å². The van der Waals surface area contributed by atoms with Crippen molar-refractivity contribution in [1.82, 2.24) is 9.55 Å². The maximum absolute atomic E-state index is 6.17. The number of imidazole rings is 1. The van der Waals surface area contributed by atoms with E-state index in [9.17, 15) is 0 Å². The SMILES string of the molecule is CC(C)=CCn1cncc1C(N)CC(C)C. The van der Waals surface area contributed by atoms with Crippen LogP contribution < -0.4 is 5.73 Å². The summed E-state index contributed by atoms with van der Waals surface area (Å²) in [6.45, 7) is 9.45. The standard InChI is InChI=1S/C13H23N3/c1-10(2)5-6-16-9-15-8-13(16)12(14)7-11(3)4/h5,8-9,11-12H,6-7,14H2,1-4H3. The lowest BCUT2D eigenvalue weighted by atomic mass is 10.0. The van der Waals surface area contributed by atoms with Crippen LogP contribution in [-0.2, 0) is 6.54 Å². The topological polar surface area (TPSA) is 43.8 Å². The van der Waals surface area contributed by atoms with Crippen LogP contribution in [0.15, 0.2) is 24.2 Å². The Kier molecular flexibility index (Phi) is 4.74. The quantitative estimate of drug-likeness (QED) is 0.777. The monoisotopic (exact) mass is 221 g/mol. The molecule has 0 spiro atoms. The molecule has 3 nitrogen and oxygen atoms in total. The van der Waals surface area contributed by atoms with Gasteiger partial charge in [0.05, 0.1) is 12.0 Å². The van der Waals surface area contributed by atoms with Crippen LogP contribution in [-0.4, -0.2) is 9.55 Å². The molecule has 0 radical (unpaired) electrons. The summed E-state index contributed by atoms with van der Waals surface area (Å²) in [5.74, 6) is 0.613. The van der Waals surface area contributed by atoms with E-state index in [1.165, 1.54) is 5.57 Å². The second kappa shape index (κ2) is 5.85. The fourth-order valence-corrected chi connectivity index (χ4v) is 1.70. The van der Waals surface area contributed by atoms with E-state index in [2.05, 4.69) is 43.3 Å². The highest BCUT2D eigenvalue weighted by Crippen LogP contribution is 2.18. The average Bonchev–Trinajstić information content (AvgIpc) is 2.61. The average molecular weight is 221 g/mol. The van der Waals surface area contributed by atoms with E-state index >= 15 is 0 Å². The third-order valence-corrected chi connectivity index (χ3v) is 2.55. The summed E-state index contributed by atoms with van der Waals surface area (Å²) in [5, 5.41) is 0. The van der Waals surface area contributed by atoms with Gasteiger partial charge in [0.1, 0.15) is 0 Å². The first-order valence-electron chi connectivity index (χ1n) is 5.89. The molecule has 0 aliphatic carbocycles. The molecule has 0 aromatic carbocycles. The van der Waals surface area contributed by atoms with Crippen molar-refractivity contribution < 1.29 is 0 Å². The smallest absolute Gasteiger partial charge is 0.0951 e. The van der Waals surface area contributed by atoms with Crippen molar-refractivity contribution >= 4 is 0 Å². The molecule has 1 unspecified atom stereocenters. The van der Waals surface area contributed by atoms with Crippen LogP contribution in [0.5, 0.6) is 0 Å². The molecular weight excluding hydrogens is 198 g/mol. The maximum atomic E-state index is 6.17. The van der Waals surface area contributed by atoms with E-state index in [0.717, 1.165) is 18.7 Å². The van der Waals surface area contributed by atoms with Gasteiger partial charge in [-0.2, -0.15) is 0 Å². The van der Waals surface area contributed by atoms with Crippen molar-refractivity contribution in [2.45, 2.75) is 46.7 Å². The fraction of sp³-hybridized carbons (Fsp3) is 0.615. The van der Waals surface area contributed by atoms with Gasteiger partial charge in [0.25, 0.3) is 0 Å². The van der Waals surface area contributed by atoms with Crippen LogP contribution >= 0.6 is 0 Å². The summed E-state index contributed by atoms with van der Waals surface area (Å²) in [7, 11) is 0. The first kappa shape index (κ1) is 13.0. The lowest BCUT2D eigenvalue weighted by molar-refractivity contribution is 0.489. The summed E-state index contributed by atoms with van der Waals surface area (Å²) in [5.41, 5.74) is 8.61. The zero-order valence-corrected chi connectivity index (χ0v) is 10.8. The molecule has 0 fully saturated rings. The summed E-state index contributed by atoms with van der Waals surface area (Å²) in [6.07, 6.45) is 6.93. The highest BCUT2D eigenvalue weighted by atomic mass is 15.1. The molecule has 0 saturated heterocycles. The second-order valence-electron chi connectivity index (χ2n) is 4.99. The third-order valence-electron chi connectivity index (χ3n) is 2.55. The molecule has 1 aromatic heterocycles. The zero-order valence-electron chi connectivity index (χ0n) is 10.8. The number of nitrogens with zero attached hydrogens (tertiary/aromatic N) is 2. The first-order valence-corrected chi connectivity index (χ1v) is 5.89. The van der Waals surface area contributed by atoms with Crippen molar-refractivity contribution in [3.05, 3.63) is 29.9 Å². The van der Waals surface area contributed by atoms with Gasteiger partial charge in [0.2, 0.25) is 0 Å². The lowest BCUT2D eigenvalue weighted by Crippen LogP contribution is -2.17. The van der Waals surface area contributed by atoms with E-state index in [1.54, 1.807) is 0 Å². The highest BCUT2D eigenvalue weighted by Gasteiger charge is 2.12. The predicted octanol–water partition coefficient (Wildman–Crippen LogP) is 2.90. The highest BCUT2D eigenvalue weighted by molar-refractivity contribution is 5.07. The van der Waals surface area contributed by atoms with Gasteiger partial charge in [0, 0.05) is 18.8 Å². The minimum absolute atomic E-state index is 0.0908. The van der Waals surface area contributed by atoms with E-state index in [1.807, 2.05) is 12.5 Å². The van der Waals surface area contributed by atoms with Gasteiger partial charge in [-0.1, -0.05) is 25.5 Å². The normalized spacial score (nSPS) is 12.9. The molecule has 3 heteroatoms. The number of nitrogens with two attached hydrogens (primary N) is 1. The van der Waals surface area contributed by atoms with Crippen LogP contribution in [0.25, 0.3) is 0 Å². The van der Waals surface area contributed by atoms with Gasteiger partial charge in [0.15, 0.2) is 0 Å². The number of rotatable bonds is 5. The van der Waals surface area contributed by atoms with Gasteiger partial charge in [-0.15, -0.1) is 0 Å². The van der Waals surface area contributed by atoms with Crippen LogP contribution in [0.2, 0.25) is 0 Å². The third kappa shape index (κ3) is 3.81. The first-order chi connectivity index (χ1) is 7.50. The van der Waals surface area contributed by atoms with Crippen LogP contribution in [0.4, 0.5) is 0 Å². The molecular formula is C13H23N3. The number of allylic oxidation sites excluding steroid dienone is 2. The Morgan fingerprint density at radius 2 is 2.19 bits per heavy atom. The molecule has 90 valence electrons. The van der Waals surface area contributed by atoms with Crippen molar-refractivity contribution in [3.63, 3.8) is 0 Å². The van der Waals surface area contributed by atoms with Gasteiger partial charge >= 0.3 is 0 Å². The Hall–Kier alpha value is -1.09. The summed E-state index contributed by atoms with van der Waals surface area (Å²) < 4.78 is 2.13. The summed E-state index contributed by atoms with van der Waals surface area (Å²) in [4.78, 5) is 4.18. The maximum Gasteiger partial charge on any atom is 0.0951 e. The van der Waals surface area contributed by atoms with Gasteiger partial charge in [-0.3, -0.25) is 0 Å². The van der Waals surface area contributed by atoms with Crippen molar-refractivity contribution in [3.8, 4) is 0 Å². The van der Waals surface area contributed by atoms with E-state index in [-0.39, 0.29) is 6.04 Å². The molecule has 0 aliphatic rings. The molecule has 0 amide bonds. The summed E-state index contributed by atoms with van der Waals surface area (Å²) >= 11 is 0. The molecule has 0 aliphatic heterocycles. The Bertz CT molecular complexity index is 346. The summed E-state index contributed by atoms with van der Waals surface area (Å²) in [6, 6.07) is 0.0908. The Balaban J connectivity index is 2.73. The molecule has 0 saturated carbocycles. The van der Waals surface area contributed by atoms with Crippen LogP contribution in [0.1, 0.15) is 45.9 Å². The van der Waals surface area contributed by atoms with E-state index in [4.69, 9.17) is 5.73 Å². The largest absolute Gasteiger partial charge is 0.329 e. The van der Waals surface area contributed by atoms with Crippen molar-refractivity contribution in [2.24, 2.45) is 11.7 Å². The van der Waals surface area contributed by atoms with Gasteiger partial charge < -0.3 is 10.3 Å². The fourth-order valence-electron chi connectivity index (χ4n) is 1.70. The molecule has 16 heavy (non-hydrogen) atoms. The molecule has 1 heterocycles.